The number of ether oxygens (including phenoxy) is 1. The number of piperidine rings is 1. The Morgan fingerprint density at radius 2 is 2.48 bits per heavy atom. The molecule has 2 aromatic rings. The molecule has 0 unspecified atom stereocenters. The number of nitrogens with one attached hydrogen (secondary N) is 1. The molecule has 0 saturated carbocycles. The van der Waals surface area contributed by atoms with Crippen molar-refractivity contribution in [1.82, 2.24) is 20.1 Å². The number of carbonyl (C=O) groups excluding carboxylic acids is 1. The van der Waals surface area contributed by atoms with Crippen molar-refractivity contribution in [1.29, 1.82) is 0 Å². The van der Waals surface area contributed by atoms with Crippen LogP contribution >= 0.6 is 11.3 Å². The third kappa shape index (κ3) is 3.61. The minimum atomic E-state index is -0.0642. The summed E-state index contributed by atoms with van der Waals surface area (Å²) < 4.78 is 5.54. The highest BCUT2D eigenvalue weighted by atomic mass is 32.1. The zero-order valence-corrected chi connectivity index (χ0v) is 14.3. The van der Waals surface area contributed by atoms with Crippen LogP contribution < -0.4 is 0 Å². The summed E-state index contributed by atoms with van der Waals surface area (Å²) in [5.74, 6) is 0.344. The van der Waals surface area contributed by atoms with Gasteiger partial charge in [0.15, 0.2) is 0 Å². The zero-order valence-electron chi connectivity index (χ0n) is 13.5. The van der Waals surface area contributed by atoms with E-state index < -0.39 is 0 Å². The zero-order chi connectivity index (χ0) is 16.2. The first-order valence-electron chi connectivity index (χ1n) is 8.04. The van der Waals surface area contributed by atoms with E-state index in [-0.39, 0.29) is 12.0 Å². The van der Waals surface area contributed by atoms with E-state index in [9.17, 15) is 4.79 Å². The van der Waals surface area contributed by atoms with Crippen molar-refractivity contribution in [2.24, 2.45) is 0 Å². The molecule has 0 aliphatic carbocycles. The lowest BCUT2D eigenvalue weighted by Gasteiger charge is -2.31. The Morgan fingerprint density at radius 3 is 3.22 bits per heavy atom. The number of likely N-dealkylation sites (tertiary alicyclic amines) is 1. The molecular formula is C16H22N4O2S. The third-order valence-electron chi connectivity index (χ3n) is 4.18. The fourth-order valence-corrected chi connectivity index (χ4v) is 3.76. The van der Waals surface area contributed by atoms with Crippen molar-refractivity contribution in [2.75, 3.05) is 19.7 Å². The molecule has 124 valence electrons. The van der Waals surface area contributed by atoms with Crippen LogP contribution in [0.4, 0.5) is 0 Å². The summed E-state index contributed by atoms with van der Waals surface area (Å²) in [5.41, 5.74) is 1.63. The van der Waals surface area contributed by atoms with E-state index in [2.05, 4.69) is 15.2 Å². The number of hydrogen-bond acceptors (Lipinski definition) is 5. The first kappa shape index (κ1) is 16.1. The molecule has 1 amide bonds. The quantitative estimate of drug-likeness (QED) is 0.912. The van der Waals surface area contributed by atoms with Crippen LogP contribution in [-0.4, -0.2) is 45.7 Å². The van der Waals surface area contributed by atoms with Crippen LogP contribution in [0.25, 0.3) is 0 Å². The predicted octanol–water partition coefficient (Wildman–Crippen LogP) is 2.98. The van der Waals surface area contributed by atoms with Crippen molar-refractivity contribution < 1.29 is 9.53 Å². The van der Waals surface area contributed by atoms with E-state index in [4.69, 9.17) is 4.74 Å². The molecule has 2 atom stereocenters. The summed E-state index contributed by atoms with van der Waals surface area (Å²) >= 11 is 1.49. The first-order chi connectivity index (χ1) is 11.2. The first-order valence-corrected chi connectivity index (χ1v) is 8.92. The monoisotopic (exact) mass is 334 g/mol. The van der Waals surface area contributed by atoms with Gasteiger partial charge in [-0.2, -0.15) is 5.10 Å². The number of hydrogen-bond donors (Lipinski definition) is 1. The maximum absolute atomic E-state index is 12.7. The highest BCUT2D eigenvalue weighted by molar-refractivity contribution is 7.09. The summed E-state index contributed by atoms with van der Waals surface area (Å²) in [6, 6.07) is 1.99. The van der Waals surface area contributed by atoms with E-state index in [1.54, 1.807) is 6.20 Å². The highest BCUT2D eigenvalue weighted by Gasteiger charge is 2.27. The van der Waals surface area contributed by atoms with Gasteiger partial charge in [0.05, 0.1) is 0 Å². The van der Waals surface area contributed by atoms with Crippen molar-refractivity contribution in [2.45, 2.75) is 38.7 Å². The molecule has 1 aliphatic rings. The standard InChI is InChI=1S/C16H22N4O2S/c1-3-22-11(2)15-18-14(10-23-15)16(21)20-8-4-5-12(9-20)13-6-7-17-19-13/h6-7,10-12H,3-5,8-9H2,1-2H3,(H,17,19)/t11-,12-/m0/s1. The van der Waals surface area contributed by atoms with Gasteiger partial charge in [-0.1, -0.05) is 0 Å². The van der Waals surface area contributed by atoms with Crippen LogP contribution in [0.2, 0.25) is 0 Å². The number of aromatic amines is 1. The Bertz CT molecular complexity index is 640. The van der Waals surface area contributed by atoms with E-state index in [0.717, 1.165) is 36.6 Å². The molecule has 7 heteroatoms. The second-order valence-corrected chi connectivity index (χ2v) is 6.66. The summed E-state index contributed by atoms with van der Waals surface area (Å²) in [4.78, 5) is 19.1. The Morgan fingerprint density at radius 1 is 1.61 bits per heavy atom. The number of carbonyl (C=O) groups is 1. The van der Waals surface area contributed by atoms with Crippen LogP contribution in [-0.2, 0) is 4.74 Å². The van der Waals surface area contributed by atoms with Gasteiger partial charge in [-0.25, -0.2) is 4.98 Å². The van der Waals surface area contributed by atoms with Gasteiger partial charge in [-0.05, 0) is 32.8 Å². The molecular weight excluding hydrogens is 312 g/mol. The minimum absolute atomic E-state index is 0.0143. The van der Waals surface area contributed by atoms with Gasteiger partial charge >= 0.3 is 0 Å². The van der Waals surface area contributed by atoms with Gasteiger partial charge in [0.25, 0.3) is 5.91 Å². The second-order valence-electron chi connectivity index (χ2n) is 5.77. The molecule has 1 N–H and O–H groups in total. The lowest BCUT2D eigenvalue weighted by Crippen LogP contribution is -2.39. The molecule has 3 heterocycles. The number of rotatable bonds is 5. The summed E-state index contributed by atoms with van der Waals surface area (Å²) in [6.45, 7) is 6.07. The van der Waals surface area contributed by atoms with Gasteiger partial charge in [-0.15, -0.1) is 11.3 Å². The van der Waals surface area contributed by atoms with Crippen LogP contribution in [0, 0.1) is 0 Å². The molecule has 6 nitrogen and oxygen atoms in total. The number of thiazole rings is 1. The maximum Gasteiger partial charge on any atom is 0.273 e. The summed E-state index contributed by atoms with van der Waals surface area (Å²) in [5, 5.41) is 9.73. The van der Waals surface area contributed by atoms with E-state index in [0.29, 0.717) is 18.2 Å². The van der Waals surface area contributed by atoms with Gasteiger partial charge in [0.1, 0.15) is 16.8 Å². The average Bonchev–Trinajstić information content (AvgIpc) is 3.26. The molecule has 1 aliphatic heterocycles. The molecule has 0 radical (unpaired) electrons. The average molecular weight is 334 g/mol. The number of aromatic nitrogens is 3. The van der Waals surface area contributed by atoms with Gasteiger partial charge in [0, 0.05) is 42.9 Å². The maximum atomic E-state index is 12.7. The van der Waals surface area contributed by atoms with Crippen LogP contribution in [0.15, 0.2) is 17.6 Å². The lowest BCUT2D eigenvalue weighted by molar-refractivity contribution is 0.0691. The van der Waals surface area contributed by atoms with Crippen molar-refractivity contribution >= 4 is 17.2 Å². The molecule has 3 rings (SSSR count). The highest BCUT2D eigenvalue weighted by Crippen LogP contribution is 2.27. The third-order valence-corrected chi connectivity index (χ3v) is 5.18. The smallest absolute Gasteiger partial charge is 0.273 e. The molecule has 23 heavy (non-hydrogen) atoms. The Hall–Kier alpha value is -1.73. The number of amides is 1. The predicted molar refractivity (Wildman–Crippen MR) is 88.6 cm³/mol. The van der Waals surface area contributed by atoms with Gasteiger partial charge < -0.3 is 9.64 Å². The normalized spacial score (nSPS) is 19.7. The molecule has 0 aromatic carbocycles. The number of nitrogens with zero attached hydrogens (tertiary/aromatic N) is 3. The molecule has 2 aromatic heterocycles. The van der Waals surface area contributed by atoms with E-state index in [1.807, 2.05) is 30.2 Å². The lowest BCUT2D eigenvalue weighted by atomic mass is 9.95. The Kier molecular flexibility index (Phi) is 5.07. The van der Waals surface area contributed by atoms with E-state index >= 15 is 0 Å². The van der Waals surface area contributed by atoms with Crippen molar-refractivity contribution in [3.63, 3.8) is 0 Å². The van der Waals surface area contributed by atoms with Crippen LogP contribution in [0.3, 0.4) is 0 Å². The second kappa shape index (κ2) is 7.23. The summed E-state index contributed by atoms with van der Waals surface area (Å²) in [6.07, 6.45) is 3.78. The molecule has 1 fully saturated rings. The van der Waals surface area contributed by atoms with Crippen LogP contribution in [0.5, 0.6) is 0 Å². The van der Waals surface area contributed by atoms with Crippen LogP contribution in [0.1, 0.15) is 59.9 Å². The van der Waals surface area contributed by atoms with Crippen molar-refractivity contribution in [3.8, 4) is 0 Å². The Labute approximate surface area is 139 Å². The summed E-state index contributed by atoms with van der Waals surface area (Å²) in [7, 11) is 0. The van der Waals surface area contributed by atoms with E-state index in [1.165, 1.54) is 11.3 Å². The number of H-pyrrole nitrogens is 1. The minimum Gasteiger partial charge on any atom is -0.372 e. The van der Waals surface area contributed by atoms with Gasteiger partial charge in [-0.3, -0.25) is 9.89 Å². The van der Waals surface area contributed by atoms with Gasteiger partial charge in [0.2, 0.25) is 0 Å². The Balaban J connectivity index is 1.68. The molecule has 0 spiro atoms. The van der Waals surface area contributed by atoms with Crippen molar-refractivity contribution in [3.05, 3.63) is 34.0 Å². The molecule has 1 saturated heterocycles. The topological polar surface area (TPSA) is 71.1 Å². The molecule has 0 bridgehead atoms. The largest absolute Gasteiger partial charge is 0.372 e. The fraction of sp³-hybridized carbons (Fsp3) is 0.562. The SMILES string of the molecule is CCO[C@@H](C)c1nc(C(=O)N2CCC[C@H](c3ccn[nH]3)C2)cs1. The fourth-order valence-electron chi connectivity index (χ4n) is 2.97.